The molecule has 2 amide bonds. The molecule has 1 aromatic heterocycles. The van der Waals surface area contributed by atoms with Crippen LogP contribution in [-0.4, -0.2) is 52.8 Å². The molecule has 3 rings (SSSR count). The highest BCUT2D eigenvalue weighted by atomic mass is 32.2. The maximum Gasteiger partial charge on any atom is 0.245 e. The van der Waals surface area contributed by atoms with Crippen molar-refractivity contribution >= 4 is 45.1 Å². The number of piperidine rings is 1. The molecular formula is C20H27N3O2S2. The Morgan fingerprint density at radius 3 is 2.74 bits per heavy atom. The molecule has 1 unspecified atom stereocenters. The Hall–Kier alpha value is -1.60. The molecular weight excluding hydrogens is 378 g/mol. The number of hydrogen-bond donors (Lipinski definition) is 1. The first-order valence-corrected chi connectivity index (χ1v) is 11.8. The zero-order valence-corrected chi connectivity index (χ0v) is 17.6. The molecule has 5 nitrogen and oxygen atoms in total. The molecule has 0 spiro atoms. The van der Waals surface area contributed by atoms with Gasteiger partial charge in [-0.05, 0) is 43.4 Å². The van der Waals surface area contributed by atoms with E-state index >= 15 is 0 Å². The van der Waals surface area contributed by atoms with Crippen LogP contribution < -0.4 is 5.32 Å². The van der Waals surface area contributed by atoms with Gasteiger partial charge in [0.05, 0.1) is 15.2 Å². The highest BCUT2D eigenvalue weighted by Crippen LogP contribution is 2.33. The number of hydrogen-bond acceptors (Lipinski definition) is 5. The second kappa shape index (κ2) is 9.55. The van der Waals surface area contributed by atoms with Gasteiger partial charge in [-0.15, -0.1) is 11.3 Å². The standard InChI is InChI=1S/C20H27N3O2S2/c1-3-18(24)21-16(10-13-26-2)20(25)23-11-8-14(9-12-23)19-22-15-6-4-5-7-17(15)27-19/h4-7,14,16H,3,8-13H2,1-2H3,(H,21,24). The molecule has 27 heavy (non-hydrogen) atoms. The van der Waals surface area contributed by atoms with E-state index in [0.717, 1.165) is 37.2 Å². The summed E-state index contributed by atoms with van der Waals surface area (Å²) >= 11 is 3.47. The molecule has 146 valence electrons. The molecule has 1 fully saturated rings. The first-order chi connectivity index (χ1) is 13.1. The molecule has 1 aliphatic rings. The van der Waals surface area contributed by atoms with Crippen LogP contribution in [0, 0.1) is 0 Å². The number of nitrogens with one attached hydrogen (secondary N) is 1. The lowest BCUT2D eigenvalue weighted by molar-refractivity contribution is -0.137. The quantitative estimate of drug-likeness (QED) is 0.764. The van der Waals surface area contributed by atoms with Gasteiger partial charge in [0.25, 0.3) is 0 Å². The van der Waals surface area contributed by atoms with E-state index in [9.17, 15) is 9.59 Å². The van der Waals surface area contributed by atoms with E-state index in [-0.39, 0.29) is 11.8 Å². The maximum absolute atomic E-state index is 12.9. The topological polar surface area (TPSA) is 62.3 Å². The predicted molar refractivity (Wildman–Crippen MR) is 113 cm³/mol. The summed E-state index contributed by atoms with van der Waals surface area (Å²) in [5.74, 6) is 1.29. The van der Waals surface area contributed by atoms with Gasteiger partial charge in [-0.25, -0.2) is 4.98 Å². The second-order valence-corrected chi connectivity index (χ2v) is 8.92. The zero-order valence-electron chi connectivity index (χ0n) is 15.9. The lowest BCUT2D eigenvalue weighted by atomic mass is 9.97. The number of benzene rings is 1. The minimum atomic E-state index is -0.399. The van der Waals surface area contributed by atoms with Crippen LogP contribution in [0.15, 0.2) is 24.3 Å². The van der Waals surface area contributed by atoms with Crippen molar-refractivity contribution in [2.75, 3.05) is 25.1 Å². The lowest BCUT2D eigenvalue weighted by Crippen LogP contribution is -2.50. The van der Waals surface area contributed by atoms with Crippen molar-refractivity contribution in [2.24, 2.45) is 0 Å². The SMILES string of the molecule is CCC(=O)NC(CCSC)C(=O)N1CCC(c2nc3ccccc3s2)CC1. The fourth-order valence-corrected chi connectivity index (χ4v) is 5.03. The summed E-state index contributed by atoms with van der Waals surface area (Å²) in [7, 11) is 0. The van der Waals surface area contributed by atoms with Gasteiger partial charge < -0.3 is 10.2 Å². The van der Waals surface area contributed by atoms with Crippen molar-refractivity contribution in [1.82, 2.24) is 15.2 Å². The Balaban J connectivity index is 1.60. The molecule has 1 N–H and O–H groups in total. The average Bonchev–Trinajstić information content (AvgIpc) is 3.14. The number of aromatic nitrogens is 1. The van der Waals surface area contributed by atoms with Gasteiger partial charge in [0.2, 0.25) is 11.8 Å². The van der Waals surface area contributed by atoms with Crippen molar-refractivity contribution in [3.8, 4) is 0 Å². The van der Waals surface area contributed by atoms with E-state index in [1.807, 2.05) is 30.2 Å². The molecule has 7 heteroatoms. The fraction of sp³-hybridized carbons (Fsp3) is 0.550. The first kappa shape index (κ1) is 20.1. The van der Waals surface area contributed by atoms with E-state index in [1.54, 1.807) is 23.1 Å². The van der Waals surface area contributed by atoms with Crippen molar-refractivity contribution in [1.29, 1.82) is 0 Å². The van der Waals surface area contributed by atoms with Crippen molar-refractivity contribution < 1.29 is 9.59 Å². The van der Waals surface area contributed by atoms with Gasteiger partial charge in [0, 0.05) is 25.4 Å². The average molecular weight is 406 g/mol. The largest absolute Gasteiger partial charge is 0.344 e. The van der Waals surface area contributed by atoms with E-state index in [4.69, 9.17) is 4.98 Å². The van der Waals surface area contributed by atoms with Crippen LogP contribution in [0.25, 0.3) is 10.2 Å². The molecule has 2 aromatic rings. The van der Waals surface area contributed by atoms with E-state index in [2.05, 4.69) is 17.4 Å². The summed E-state index contributed by atoms with van der Waals surface area (Å²) in [6.45, 7) is 3.28. The Morgan fingerprint density at radius 2 is 2.07 bits per heavy atom. The van der Waals surface area contributed by atoms with E-state index in [1.165, 1.54) is 9.71 Å². The summed E-state index contributed by atoms with van der Waals surface area (Å²) < 4.78 is 1.23. The number of carbonyl (C=O) groups is 2. The minimum Gasteiger partial charge on any atom is -0.344 e. The molecule has 0 radical (unpaired) electrons. The highest BCUT2D eigenvalue weighted by Gasteiger charge is 2.30. The third kappa shape index (κ3) is 5.02. The molecule has 0 aliphatic carbocycles. The van der Waals surface area contributed by atoms with Gasteiger partial charge in [0.15, 0.2) is 0 Å². The second-order valence-electron chi connectivity index (χ2n) is 6.87. The van der Waals surface area contributed by atoms with Crippen LogP contribution in [0.1, 0.15) is 43.5 Å². The molecule has 1 saturated heterocycles. The number of rotatable bonds is 7. The van der Waals surface area contributed by atoms with Gasteiger partial charge in [-0.1, -0.05) is 19.1 Å². The smallest absolute Gasteiger partial charge is 0.245 e. The number of nitrogens with zero attached hydrogens (tertiary/aromatic N) is 2. The predicted octanol–water partition coefficient (Wildman–Crippen LogP) is 3.65. The maximum atomic E-state index is 12.9. The Bertz CT molecular complexity index is 751. The summed E-state index contributed by atoms with van der Waals surface area (Å²) in [5, 5.41) is 4.09. The van der Waals surface area contributed by atoms with Crippen molar-refractivity contribution in [3.63, 3.8) is 0 Å². The number of amides is 2. The van der Waals surface area contributed by atoms with Gasteiger partial charge in [-0.3, -0.25) is 9.59 Å². The number of thiazole rings is 1. The first-order valence-electron chi connectivity index (χ1n) is 9.55. The number of carbonyl (C=O) groups excluding carboxylic acids is 2. The fourth-order valence-electron chi connectivity index (χ4n) is 3.42. The third-order valence-corrected chi connectivity index (χ3v) is 6.87. The lowest BCUT2D eigenvalue weighted by Gasteiger charge is -2.33. The summed E-state index contributed by atoms with van der Waals surface area (Å²) in [5.41, 5.74) is 1.07. The van der Waals surface area contributed by atoms with Crippen LogP contribution in [0.3, 0.4) is 0 Å². The molecule has 1 atom stereocenters. The summed E-state index contributed by atoms with van der Waals surface area (Å²) in [6.07, 6.45) is 4.98. The molecule has 2 heterocycles. The molecule has 0 bridgehead atoms. The summed E-state index contributed by atoms with van der Waals surface area (Å²) in [6, 6.07) is 7.84. The third-order valence-electron chi connectivity index (χ3n) is 5.03. The van der Waals surface area contributed by atoms with Crippen LogP contribution in [-0.2, 0) is 9.59 Å². The molecule has 1 aliphatic heterocycles. The van der Waals surface area contributed by atoms with E-state index in [0.29, 0.717) is 18.8 Å². The van der Waals surface area contributed by atoms with Crippen LogP contribution in [0.4, 0.5) is 0 Å². The van der Waals surface area contributed by atoms with Gasteiger partial charge in [0.1, 0.15) is 6.04 Å². The summed E-state index contributed by atoms with van der Waals surface area (Å²) in [4.78, 5) is 31.4. The van der Waals surface area contributed by atoms with E-state index < -0.39 is 6.04 Å². The Kier molecular flexibility index (Phi) is 7.13. The monoisotopic (exact) mass is 405 g/mol. The minimum absolute atomic E-state index is 0.0567. The molecule has 1 aromatic carbocycles. The zero-order chi connectivity index (χ0) is 19.2. The van der Waals surface area contributed by atoms with Gasteiger partial charge in [-0.2, -0.15) is 11.8 Å². The highest BCUT2D eigenvalue weighted by molar-refractivity contribution is 7.98. The number of fused-ring (bicyclic) bond motifs is 1. The van der Waals surface area contributed by atoms with Crippen LogP contribution in [0.5, 0.6) is 0 Å². The number of likely N-dealkylation sites (tertiary alicyclic amines) is 1. The van der Waals surface area contributed by atoms with Gasteiger partial charge >= 0.3 is 0 Å². The number of thioether (sulfide) groups is 1. The molecule has 0 saturated carbocycles. The number of para-hydroxylation sites is 1. The van der Waals surface area contributed by atoms with Crippen LogP contribution >= 0.6 is 23.1 Å². The normalized spacial score (nSPS) is 16.4. The van der Waals surface area contributed by atoms with Crippen molar-refractivity contribution in [2.45, 2.75) is 44.6 Å². The Morgan fingerprint density at radius 1 is 1.33 bits per heavy atom. The Labute approximate surface area is 168 Å². The van der Waals surface area contributed by atoms with Crippen LogP contribution in [0.2, 0.25) is 0 Å². The van der Waals surface area contributed by atoms with Crippen molar-refractivity contribution in [3.05, 3.63) is 29.3 Å².